The first kappa shape index (κ1) is 17.8. The number of alkyl halides is 3. The number of nitrogens with one attached hydrogen (secondary N) is 2. The van der Waals surface area contributed by atoms with Crippen LogP contribution in [0.2, 0.25) is 0 Å². The first-order valence-electron chi connectivity index (χ1n) is 8.10. The third-order valence-electron chi connectivity index (χ3n) is 4.21. The standard InChI is InChI=1S/C17H23F3N2O/c1-12(21-14-6-4-2-3-5-7-14)16(23)22-15-10-8-13(9-11-15)17(18,19)20/h8-12,14,21H,2-7H2,1H3,(H,22,23)/t12-/m1/s1. The molecule has 2 rings (SSSR count). The Morgan fingerprint density at radius 1 is 1.09 bits per heavy atom. The van der Waals surface area contributed by atoms with Crippen LogP contribution in [0, 0.1) is 0 Å². The first-order valence-corrected chi connectivity index (χ1v) is 8.10. The van der Waals surface area contributed by atoms with E-state index in [4.69, 9.17) is 0 Å². The number of hydrogen-bond donors (Lipinski definition) is 2. The molecule has 1 aliphatic carbocycles. The topological polar surface area (TPSA) is 41.1 Å². The van der Waals surface area contributed by atoms with E-state index < -0.39 is 11.7 Å². The largest absolute Gasteiger partial charge is 0.416 e. The van der Waals surface area contributed by atoms with E-state index in [0.717, 1.165) is 25.0 Å². The van der Waals surface area contributed by atoms with E-state index in [1.54, 1.807) is 6.92 Å². The van der Waals surface area contributed by atoms with Crippen molar-refractivity contribution in [2.45, 2.75) is 63.7 Å². The maximum absolute atomic E-state index is 12.5. The molecule has 0 aliphatic heterocycles. The molecule has 1 saturated carbocycles. The maximum Gasteiger partial charge on any atom is 0.416 e. The fraction of sp³-hybridized carbons (Fsp3) is 0.588. The van der Waals surface area contributed by atoms with Gasteiger partial charge < -0.3 is 10.6 Å². The fourth-order valence-electron chi connectivity index (χ4n) is 2.87. The number of carbonyl (C=O) groups excluding carboxylic acids is 1. The lowest BCUT2D eigenvalue weighted by Gasteiger charge is -2.21. The van der Waals surface area contributed by atoms with E-state index in [0.29, 0.717) is 11.7 Å². The minimum atomic E-state index is -4.36. The van der Waals surface area contributed by atoms with Gasteiger partial charge in [-0.15, -0.1) is 0 Å². The Morgan fingerprint density at radius 3 is 2.17 bits per heavy atom. The van der Waals surface area contributed by atoms with Gasteiger partial charge in [0.1, 0.15) is 0 Å². The summed E-state index contributed by atoms with van der Waals surface area (Å²) in [6, 6.07) is 4.46. The molecule has 128 valence electrons. The Labute approximate surface area is 134 Å². The van der Waals surface area contributed by atoms with E-state index in [9.17, 15) is 18.0 Å². The van der Waals surface area contributed by atoms with Crippen molar-refractivity contribution in [3.63, 3.8) is 0 Å². The van der Waals surface area contributed by atoms with Crippen LogP contribution in [0.4, 0.5) is 18.9 Å². The molecular weight excluding hydrogens is 305 g/mol. The van der Waals surface area contributed by atoms with E-state index >= 15 is 0 Å². The normalized spacial score (nSPS) is 18.3. The molecule has 0 bridgehead atoms. The van der Waals surface area contributed by atoms with Crippen molar-refractivity contribution in [1.82, 2.24) is 5.32 Å². The highest BCUT2D eigenvalue weighted by atomic mass is 19.4. The quantitative estimate of drug-likeness (QED) is 0.807. The van der Waals surface area contributed by atoms with Gasteiger partial charge in [0.25, 0.3) is 0 Å². The number of anilines is 1. The monoisotopic (exact) mass is 328 g/mol. The number of halogens is 3. The average molecular weight is 328 g/mol. The zero-order chi connectivity index (χ0) is 16.9. The Balaban J connectivity index is 1.87. The molecule has 0 radical (unpaired) electrons. The molecule has 0 unspecified atom stereocenters. The number of amides is 1. The van der Waals surface area contributed by atoms with Crippen molar-refractivity contribution in [3.8, 4) is 0 Å². The second kappa shape index (κ2) is 7.81. The van der Waals surface area contributed by atoms with E-state index in [1.807, 2.05) is 0 Å². The second-order valence-electron chi connectivity index (χ2n) is 6.14. The van der Waals surface area contributed by atoms with Crippen LogP contribution in [0.15, 0.2) is 24.3 Å². The van der Waals surface area contributed by atoms with Gasteiger partial charge in [-0.1, -0.05) is 25.7 Å². The summed E-state index contributed by atoms with van der Waals surface area (Å²) in [6.45, 7) is 1.78. The molecule has 1 aromatic carbocycles. The molecule has 1 aromatic rings. The summed E-state index contributed by atoms with van der Waals surface area (Å²) < 4.78 is 37.5. The van der Waals surface area contributed by atoms with E-state index in [1.165, 1.54) is 37.8 Å². The van der Waals surface area contributed by atoms with Gasteiger partial charge in [-0.25, -0.2) is 0 Å². The van der Waals surface area contributed by atoms with Crippen LogP contribution in [0.3, 0.4) is 0 Å². The highest BCUT2D eigenvalue weighted by Gasteiger charge is 2.30. The first-order chi connectivity index (χ1) is 10.9. The van der Waals surface area contributed by atoms with Crippen molar-refractivity contribution >= 4 is 11.6 Å². The van der Waals surface area contributed by atoms with Gasteiger partial charge in [0, 0.05) is 11.7 Å². The van der Waals surface area contributed by atoms with Gasteiger partial charge in [0.15, 0.2) is 0 Å². The number of carbonyl (C=O) groups is 1. The van der Waals surface area contributed by atoms with Crippen LogP contribution >= 0.6 is 0 Å². The predicted molar refractivity (Wildman–Crippen MR) is 84.2 cm³/mol. The Kier molecular flexibility index (Phi) is 6.04. The lowest BCUT2D eigenvalue weighted by molar-refractivity contribution is -0.137. The summed E-state index contributed by atoms with van der Waals surface area (Å²) in [5, 5.41) is 5.98. The lowest BCUT2D eigenvalue weighted by atomic mass is 10.1. The third-order valence-corrected chi connectivity index (χ3v) is 4.21. The lowest BCUT2D eigenvalue weighted by Crippen LogP contribution is -2.43. The highest BCUT2D eigenvalue weighted by Crippen LogP contribution is 2.29. The molecule has 1 amide bonds. The number of benzene rings is 1. The maximum atomic E-state index is 12.5. The van der Waals surface area contributed by atoms with Crippen LogP contribution in [-0.4, -0.2) is 18.0 Å². The predicted octanol–water partition coefficient (Wildman–Crippen LogP) is 4.34. The van der Waals surface area contributed by atoms with Gasteiger partial charge in [-0.3, -0.25) is 4.79 Å². The Bertz CT molecular complexity index is 506. The smallest absolute Gasteiger partial charge is 0.325 e. The molecule has 1 aliphatic rings. The third kappa shape index (κ3) is 5.53. The summed E-state index contributed by atoms with van der Waals surface area (Å²) in [5.41, 5.74) is -0.349. The van der Waals surface area contributed by atoms with Crippen LogP contribution < -0.4 is 10.6 Å². The van der Waals surface area contributed by atoms with Crippen LogP contribution in [-0.2, 0) is 11.0 Å². The van der Waals surface area contributed by atoms with Crippen LogP contribution in [0.25, 0.3) is 0 Å². The van der Waals surface area contributed by atoms with E-state index in [2.05, 4.69) is 10.6 Å². The molecule has 0 spiro atoms. The molecule has 6 heteroatoms. The molecule has 2 N–H and O–H groups in total. The van der Waals surface area contributed by atoms with Crippen molar-refractivity contribution in [3.05, 3.63) is 29.8 Å². The van der Waals surface area contributed by atoms with Crippen molar-refractivity contribution in [1.29, 1.82) is 0 Å². The van der Waals surface area contributed by atoms with Crippen molar-refractivity contribution < 1.29 is 18.0 Å². The Morgan fingerprint density at radius 2 is 1.65 bits per heavy atom. The Hall–Kier alpha value is -1.56. The zero-order valence-electron chi connectivity index (χ0n) is 13.2. The minimum Gasteiger partial charge on any atom is -0.325 e. The second-order valence-corrected chi connectivity index (χ2v) is 6.14. The average Bonchev–Trinajstić information content (AvgIpc) is 2.75. The van der Waals surface area contributed by atoms with Gasteiger partial charge in [0.2, 0.25) is 5.91 Å². The fourth-order valence-corrected chi connectivity index (χ4v) is 2.87. The van der Waals surface area contributed by atoms with E-state index in [-0.39, 0.29) is 11.9 Å². The van der Waals surface area contributed by atoms with Gasteiger partial charge >= 0.3 is 6.18 Å². The molecule has 0 aromatic heterocycles. The molecule has 0 heterocycles. The van der Waals surface area contributed by atoms with Crippen molar-refractivity contribution in [2.24, 2.45) is 0 Å². The molecule has 1 fully saturated rings. The zero-order valence-corrected chi connectivity index (χ0v) is 13.2. The number of rotatable bonds is 4. The summed E-state index contributed by atoms with van der Waals surface area (Å²) in [5.74, 6) is -0.228. The number of hydrogen-bond acceptors (Lipinski definition) is 2. The molecule has 0 saturated heterocycles. The summed E-state index contributed by atoms with van der Waals surface area (Å²) in [4.78, 5) is 12.2. The molecule has 3 nitrogen and oxygen atoms in total. The summed E-state index contributed by atoms with van der Waals surface area (Å²) >= 11 is 0. The summed E-state index contributed by atoms with van der Waals surface area (Å²) in [6.07, 6.45) is 2.59. The van der Waals surface area contributed by atoms with Gasteiger partial charge in [0.05, 0.1) is 11.6 Å². The SMILES string of the molecule is C[C@@H](NC1CCCCCC1)C(=O)Nc1ccc(C(F)(F)F)cc1. The summed E-state index contributed by atoms with van der Waals surface area (Å²) in [7, 11) is 0. The molecule has 23 heavy (non-hydrogen) atoms. The molecular formula is C17H23F3N2O. The van der Waals surface area contributed by atoms with Gasteiger partial charge in [-0.05, 0) is 44.0 Å². The van der Waals surface area contributed by atoms with Crippen molar-refractivity contribution in [2.75, 3.05) is 5.32 Å². The van der Waals surface area contributed by atoms with Crippen LogP contribution in [0.5, 0.6) is 0 Å². The minimum absolute atomic E-state index is 0.228. The van der Waals surface area contributed by atoms with Crippen LogP contribution in [0.1, 0.15) is 51.0 Å². The molecule has 1 atom stereocenters. The van der Waals surface area contributed by atoms with Gasteiger partial charge in [-0.2, -0.15) is 13.2 Å². The highest BCUT2D eigenvalue weighted by molar-refractivity contribution is 5.94.